The lowest BCUT2D eigenvalue weighted by Gasteiger charge is -2.21. The first kappa shape index (κ1) is 17.9. The minimum atomic E-state index is -0.467. The molecule has 1 aliphatic rings. The van der Waals surface area contributed by atoms with Crippen molar-refractivity contribution < 1.29 is 9.72 Å². The number of hydrogen-bond donors (Lipinski definition) is 1. The highest BCUT2D eigenvalue weighted by Gasteiger charge is 2.16. The molecule has 3 rings (SSSR count). The van der Waals surface area contributed by atoms with Gasteiger partial charge in [0.05, 0.1) is 16.3 Å². The average Bonchev–Trinajstić information content (AvgIpc) is 3.15. The molecule has 2 aromatic rings. The van der Waals surface area contributed by atoms with Gasteiger partial charge in [-0.2, -0.15) is 0 Å². The molecule has 134 valence electrons. The van der Waals surface area contributed by atoms with Gasteiger partial charge in [-0.3, -0.25) is 14.9 Å². The lowest BCUT2D eigenvalue weighted by Crippen LogP contribution is -2.20. The van der Waals surface area contributed by atoms with E-state index in [1.54, 1.807) is 24.3 Å². The molecule has 0 spiro atoms. The van der Waals surface area contributed by atoms with E-state index in [0.29, 0.717) is 16.3 Å². The standard InChI is InChI=1S/C19H18ClN3O3/c20-15-7-8-18(22-10-1-2-11-22)17(13-15)21-19(24)9-6-14-4-3-5-16(12-14)23(25)26/h3-9,12-13H,1-2,10-11H2,(H,21,24)/b9-6+. The predicted molar refractivity (Wildman–Crippen MR) is 104 cm³/mol. The molecule has 0 saturated carbocycles. The Bertz CT molecular complexity index is 861. The highest BCUT2D eigenvalue weighted by Crippen LogP contribution is 2.31. The molecule has 0 bridgehead atoms. The molecule has 7 heteroatoms. The Kier molecular flexibility index (Phi) is 5.53. The summed E-state index contributed by atoms with van der Waals surface area (Å²) in [6, 6.07) is 11.6. The maximum Gasteiger partial charge on any atom is 0.270 e. The van der Waals surface area contributed by atoms with Crippen molar-refractivity contribution in [1.29, 1.82) is 0 Å². The Morgan fingerprint density at radius 3 is 2.69 bits per heavy atom. The molecular weight excluding hydrogens is 354 g/mol. The molecule has 1 fully saturated rings. The SMILES string of the molecule is O=C(/C=C/c1cccc([N+](=O)[O-])c1)Nc1cc(Cl)ccc1N1CCCC1. The Morgan fingerprint density at radius 1 is 1.19 bits per heavy atom. The minimum Gasteiger partial charge on any atom is -0.370 e. The van der Waals surface area contributed by atoms with Crippen LogP contribution in [-0.4, -0.2) is 23.9 Å². The smallest absolute Gasteiger partial charge is 0.270 e. The van der Waals surface area contributed by atoms with E-state index in [0.717, 1.165) is 31.6 Å². The molecule has 1 heterocycles. The van der Waals surface area contributed by atoms with E-state index >= 15 is 0 Å². The van der Waals surface area contributed by atoms with Crippen LogP contribution in [0.15, 0.2) is 48.5 Å². The number of rotatable bonds is 5. The van der Waals surface area contributed by atoms with Gasteiger partial charge in [0.25, 0.3) is 5.69 Å². The first-order valence-corrected chi connectivity index (χ1v) is 8.69. The molecule has 0 aromatic heterocycles. The van der Waals surface area contributed by atoms with Crippen LogP contribution in [0.4, 0.5) is 17.1 Å². The highest BCUT2D eigenvalue weighted by atomic mass is 35.5. The van der Waals surface area contributed by atoms with Gasteiger partial charge in [-0.05, 0) is 42.7 Å². The Balaban J connectivity index is 1.74. The van der Waals surface area contributed by atoms with Crippen molar-refractivity contribution in [2.45, 2.75) is 12.8 Å². The zero-order chi connectivity index (χ0) is 18.5. The Hall–Kier alpha value is -2.86. The first-order valence-electron chi connectivity index (χ1n) is 8.31. The first-order chi connectivity index (χ1) is 12.5. The minimum absolute atomic E-state index is 0.0151. The van der Waals surface area contributed by atoms with Crippen molar-refractivity contribution in [2.24, 2.45) is 0 Å². The number of carbonyl (C=O) groups excluding carboxylic acids is 1. The quantitative estimate of drug-likeness (QED) is 0.477. The van der Waals surface area contributed by atoms with Crippen LogP contribution in [0.3, 0.4) is 0 Å². The van der Waals surface area contributed by atoms with Gasteiger partial charge < -0.3 is 10.2 Å². The summed E-state index contributed by atoms with van der Waals surface area (Å²) in [6.45, 7) is 1.90. The molecule has 0 atom stereocenters. The fourth-order valence-corrected chi connectivity index (χ4v) is 3.10. The second-order valence-corrected chi connectivity index (χ2v) is 6.47. The van der Waals surface area contributed by atoms with Crippen molar-refractivity contribution in [3.05, 3.63) is 69.2 Å². The Morgan fingerprint density at radius 2 is 1.96 bits per heavy atom. The zero-order valence-electron chi connectivity index (χ0n) is 14.0. The number of carbonyl (C=O) groups is 1. The number of non-ortho nitro benzene ring substituents is 1. The maximum absolute atomic E-state index is 12.3. The van der Waals surface area contributed by atoms with Gasteiger partial charge in [0.1, 0.15) is 0 Å². The van der Waals surface area contributed by atoms with Crippen LogP contribution < -0.4 is 10.2 Å². The number of halogens is 1. The largest absolute Gasteiger partial charge is 0.370 e. The molecule has 0 unspecified atom stereocenters. The molecular formula is C19H18ClN3O3. The number of nitro groups is 1. The summed E-state index contributed by atoms with van der Waals surface area (Å²) < 4.78 is 0. The number of nitro benzene ring substituents is 1. The number of anilines is 2. The van der Waals surface area contributed by atoms with E-state index in [1.807, 2.05) is 12.1 Å². The summed E-state index contributed by atoms with van der Waals surface area (Å²) in [6.07, 6.45) is 5.15. The summed E-state index contributed by atoms with van der Waals surface area (Å²) >= 11 is 6.08. The summed E-state index contributed by atoms with van der Waals surface area (Å²) in [5.74, 6) is -0.320. The predicted octanol–water partition coefficient (Wildman–Crippen LogP) is 4.50. The van der Waals surface area contributed by atoms with E-state index < -0.39 is 4.92 Å². The van der Waals surface area contributed by atoms with Gasteiger partial charge in [0, 0.05) is 36.3 Å². The summed E-state index contributed by atoms with van der Waals surface area (Å²) in [4.78, 5) is 24.9. The molecule has 0 aliphatic carbocycles. The highest BCUT2D eigenvalue weighted by molar-refractivity contribution is 6.31. The molecule has 2 aromatic carbocycles. The number of hydrogen-bond acceptors (Lipinski definition) is 4. The second-order valence-electron chi connectivity index (χ2n) is 6.03. The molecule has 1 saturated heterocycles. The van der Waals surface area contributed by atoms with Crippen molar-refractivity contribution in [3.8, 4) is 0 Å². The molecule has 1 N–H and O–H groups in total. The summed E-state index contributed by atoms with van der Waals surface area (Å²) in [5, 5.41) is 14.2. The van der Waals surface area contributed by atoms with E-state index in [2.05, 4.69) is 10.2 Å². The zero-order valence-corrected chi connectivity index (χ0v) is 14.8. The molecule has 6 nitrogen and oxygen atoms in total. The Labute approximate surface area is 156 Å². The van der Waals surface area contributed by atoms with Gasteiger partial charge in [0.15, 0.2) is 0 Å². The average molecular weight is 372 g/mol. The third kappa shape index (κ3) is 4.40. The van der Waals surface area contributed by atoms with Gasteiger partial charge in [0.2, 0.25) is 5.91 Å². The normalized spacial score (nSPS) is 14.0. The fraction of sp³-hybridized carbons (Fsp3) is 0.211. The van der Waals surface area contributed by atoms with Crippen molar-refractivity contribution in [3.63, 3.8) is 0 Å². The molecule has 1 amide bonds. The number of nitrogens with one attached hydrogen (secondary N) is 1. The van der Waals surface area contributed by atoms with Crippen LogP contribution in [0.2, 0.25) is 5.02 Å². The van der Waals surface area contributed by atoms with Crippen LogP contribution >= 0.6 is 11.6 Å². The van der Waals surface area contributed by atoms with Crippen LogP contribution in [0.5, 0.6) is 0 Å². The van der Waals surface area contributed by atoms with Gasteiger partial charge in [-0.15, -0.1) is 0 Å². The van der Waals surface area contributed by atoms with Crippen LogP contribution in [0.1, 0.15) is 18.4 Å². The number of benzene rings is 2. The summed E-state index contributed by atoms with van der Waals surface area (Å²) in [7, 11) is 0. The third-order valence-electron chi connectivity index (χ3n) is 4.17. The molecule has 1 aliphatic heterocycles. The third-order valence-corrected chi connectivity index (χ3v) is 4.41. The van der Waals surface area contributed by atoms with E-state index in [1.165, 1.54) is 18.2 Å². The summed E-state index contributed by atoms with van der Waals surface area (Å²) in [5.41, 5.74) is 2.18. The number of amides is 1. The van der Waals surface area contributed by atoms with Crippen molar-refractivity contribution in [2.75, 3.05) is 23.3 Å². The second kappa shape index (κ2) is 8.01. The lowest BCUT2D eigenvalue weighted by molar-refractivity contribution is -0.384. The van der Waals surface area contributed by atoms with E-state index in [-0.39, 0.29) is 11.6 Å². The molecule has 0 radical (unpaired) electrons. The van der Waals surface area contributed by atoms with Gasteiger partial charge in [-0.25, -0.2) is 0 Å². The van der Waals surface area contributed by atoms with E-state index in [4.69, 9.17) is 11.6 Å². The van der Waals surface area contributed by atoms with Crippen LogP contribution in [0.25, 0.3) is 6.08 Å². The maximum atomic E-state index is 12.3. The lowest BCUT2D eigenvalue weighted by atomic mass is 10.2. The molecule has 26 heavy (non-hydrogen) atoms. The number of nitrogens with zero attached hydrogens (tertiary/aromatic N) is 2. The van der Waals surface area contributed by atoms with E-state index in [9.17, 15) is 14.9 Å². The van der Waals surface area contributed by atoms with Gasteiger partial charge >= 0.3 is 0 Å². The van der Waals surface area contributed by atoms with Gasteiger partial charge in [-0.1, -0.05) is 23.7 Å². The van der Waals surface area contributed by atoms with Crippen molar-refractivity contribution in [1.82, 2.24) is 0 Å². The van der Waals surface area contributed by atoms with Crippen LogP contribution in [-0.2, 0) is 4.79 Å². The topological polar surface area (TPSA) is 75.5 Å². The fourth-order valence-electron chi connectivity index (χ4n) is 2.93. The van der Waals surface area contributed by atoms with Crippen molar-refractivity contribution >= 4 is 40.6 Å². The monoisotopic (exact) mass is 371 g/mol. The van der Waals surface area contributed by atoms with Crippen LogP contribution in [0, 0.1) is 10.1 Å².